The Morgan fingerprint density at radius 1 is 1.39 bits per heavy atom. The first-order valence-corrected chi connectivity index (χ1v) is 8.40. The highest BCUT2D eigenvalue weighted by molar-refractivity contribution is 7.90. The van der Waals surface area contributed by atoms with Gasteiger partial charge in [0.15, 0.2) is 22.2 Å². The molecular formula is C13H13F3N2O4S. The molecule has 0 fully saturated rings. The van der Waals surface area contributed by atoms with Crippen molar-refractivity contribution in [3.63, 3.8) is 0 Å². The van der Waals surface area contributed by atoms with Crippen molar-refractivity contribution in [2.45, 2.75) is 25.3 Å². The molecule has 2 aromatic rings. The number of oxazole rings is 1. The average Bonchev–Trinajstić information content (AvgIpc) is 2.84. The fourth-order valence-electron chi connectivity index (χ4n) is 2.00. The van der Waals surface area contributed by atoms with Gasteiger partial charge in [0.2, 0.25) is 5.89 Å². The standard InChI is InChI=1S/C13H13F3N2O4S/c1-2-5-23(20,21)8-9-7-22-12(17-9)10-6-18(19)4-3-11(10)13(14,15)16/h3-4,6-7H,2,5,8H2,1H3. The first-order valence-electron chi connectivity index (χ1n) is 6.57. The molecule has 0 unspecified atom stereocenters. The summed E-state index contributed by atoms with van der Waals surface area (Å²) in [5.74, 6) is -0.950. The van der Waals surface area contributed by atoms with Gasteiger partial charge in [-0.2, -0.15) is 17.9 Å². The summed E-state index contributed by atoms with van der Waals surface area (Å²) < 4.78 is 67.4. The minimum absolute atomic E-state index is 0.0112. The van der Waals surface area contributed by atoms with Crippen molar-refractivity contribution in [1.82, 2.24) is 4.98 Å². The number of hydrogen-bond acceptors (Lipinski definition) is 5. The minimum Gasteiger partial charge on any atom is -0.619 e. The molecule has 0 aliphatic heterocycles. The van der Waals surface area contributed by atoms with E-state index in [1.807, 2.05) is 0 Å². The number of nitrogens with zero attached hydrogens (tertiary/aromatic N) is 2. The Kier molecular flexibility index (Phi) is 4.64. The van der Waals surface area contributed by atoms with Crippen LogP contribution in [0.25, 0.3) is 11.5 Å². The lowest BCUT2D eigenvalue weighted by atomic mass is 10.1. The maximum Gasteiger partial charge on any atom is 0.417 e. The molecule has 0 spiro atoms. The van der Waals surface area contributed by atoms with Crippen molar-refractivity contribution in [2.24, 2.45) is 0 Å². The summed E-state index contributed by atoms with van der Waals surface area (Å²) >= 11 is 0. The molecule has 0 amide bonds. The number of aromatic nitrogens is 2. The molecule has 0 saturated heterocycles. The molecule has 2 rings (SSSR count). The fraction of sp³-hybridized carbons (Fsp3) is 0.385. The van der Waals surface area contributed by atoms with E-state index in [9.17, 15) is 26.8 Å². The van der Waals surface area contributed by atoms with E-state index >= 15 is 0 Å². The highest BCUT2D eigenvalue weighted by Gasteiger charge is 2.36. The molecule has 6 nitrogen and oxygen atoms in total. The van der Waals surface area contributed by atoms with Crippen LogP contribution in [-0.4, -0.2) is 19.2 Å². The molecule has 0 radical (unpaired) electrons. The molecule has 0 atom stereocenters. The van der Waals surface area contributed by atoms with E-state index < -0.39 is 38.8 Å². The van der Waals surface area contributed by atoms with Gasteiger partial charge in [-0.15, -0.1) is 0 Å². The van der Waals surface area contributed by atoms with Crippen molar-refractivity contribution in [3.05, 3.63) is 41.2 Å². The molecule has 0 saturated carbocycles. The number of rotatable bonds is 5. The number of pyridine rings is 1. The summed E-state index contributed by atoms with van der Waals surface area (Å²) in [5.41, 5.74) is -1.65. The van der Waals surface area contributed by atoms with Crippen LogP contribution in [0.1, 0.15) is 24.6 Å². The van der Waals surface area contributed by atoms with Gasteiger partial charge in [0, 0.05) is 6.07 Å². The summed E-state index contributed by atoms with van der Waals surface area (Å²) in [6.45, 7) is 1.69. The maximum atomic E-state index is 13.0. The van der Waals surface area contributed by atoms with Gasteiger partial charge in [0.05, 0.1) is 22.8 Å². The van der Waals surface area contributed by atoms with Gasteiger partial charge in [-0.25, -0.2) is 13.4 Å². The molecule has 126 valence electrons. The van der Waals surface area contributed by atoms with E-state index in [1.54, 1.807) is 6.92 Å². The molecule has 10 heteroatoms. The Labute approximate surface area is 130 Å². The van der Waals surface area contributed by atoms with Crippen LogP contribution in [0.5, 0.6) is 0 Å². The molecule has 2 aromatic heterocycles. The van der Waals surface area contributed by atoms with Crippen LogP contribution in [0.15, 0.2) is 29.1 Å². The second-order valence-corrected chi connectivity index (χ2v) is 7.05. The third-order valence-corrected chi connectivity index (χ3v) is 4.67. The van der Waals surface area contributed by atoms with Crippen LogP contribution in [0.4, 0.5) is 13.2 Å². The summed E-state index contributed by atoms with van der Waals surface area (Å²) in [6, 6.07) is 0.611. The lowest BCUT2D eigenvalue weighted by molar-refractivity contribution is -0.605. The number of sulfone groups is 1. The van der Waals surface area contributed by atoms with E-state index in [0.717, 1.165) is 6.26 Å². The fourth-order valence-corrected chi connectivity index (χ4v) is 3.35. The summed E-state index contributed by atoms with van der Waals surface area (Å²) in [6.07, 6.45) is -1.92. The van der Waals surface area contributed by atoms with Crippen molar-refractivity contribution < 1.29 is 30.7 Å². The van der Waals surface area contributed by atoms with E-state index in [1.165, 1.54) is 0 Å². The Balaban J connectivity index is 2.40. The predicted molar refractivity (Wildman–Crippen MR) is 73.7 cm³/mol. The predicted octanol–water partition coefficient (Wildman–Crippen LogP) is 2.32. The number of halogens is 3. The Hall–Kier alpha value is -2.10. The monoisotopic (exact) mass is 350 g/mol. The van der Waals surface area contributed by atoms with Gasteiger partial charge >= 0.3 is 6.18 Å². The van der Waals surface area contributed by atoms with Crippen molar-refractivity contribution in [2.75, 3.05) is 5.75 Å². The van der Waals surface area contributed by atoms with Gasteiger partial charge in [-0.3, -0.25) is 0 Å². The maximum absolute atomic E-state index is 13.0. The van der Waals surface area contributed by atoms with Crippen LogP contribution in [0, 0.1) is 5.21 Å². The first kappa shape index (κ1) is 17.3. The molecule has 0 aromatic carbocycles. The van der Waals surface area contributed by atoms with E-state index in [-0.39, 0.29) is 16.2 Å². The van der Waals surface area contributed by atoms with Crippen LogP contribution >= 0.6 is 0 Å². The number of hydrogen-bond donors (Lipinski definition) is 0. The highest BCUT2D eigenvalue weighted by Crippen LogP contribution is 2.35. The zero-order valence-corrected chi connectivity index (χ0v) is 12.8. The highest BCUT2D eigenvalue weighted by atomic mass is 32.2. The smallest absolute Gasteiger partial charge is 0.417 e. The van der Waals surface area contributed by atoms with Gasteiger partial charge < -0.3 is 9.62 Å². The Morgan fingerprint density at radius 2 is 2.09 bits per heavy atom. The molecule has 0 aliphatic carbocycles. The van der Waals surface area contributed by atoms with Crippen molar-refractivity contribution in [3.8, 4) is 11.5 Å². The molecule has 0 aliphatic rings. The quantitative estimate of drug-likeness (QED) is 0.610. The van der Waals surface area contributed by atoms with Gasteiger partial charge in [-0.05, 0) is 6.42 Å². The second-order valence-electron chi connectivity index (χ2n) is 4.87. The Morgan fingerprint density at radius 3 is 2.70 bits per heavy atom. The zero-order chi connectivity index (χ0) is 17.3. The van der Waals surface area contributed by atoms with Crippen molar-refractivity contribution in [1.29, 1.82) is 0 Å². The molecule has 2 heterocycles. The normalized spacial score (nSPS) is 12.5. The van der Waals surface area contributed by atoms with Crippen LogP contribution in [0.3, 0.4) is 0 Å². The second kappa shape index (κ2) is 6.19. The van der Waals surface area contributed by atoms with Crippen LogP contribution in [0.2, 0.25) is 0 Å². The number of alkyl halides is 3. The lowest BCUT2D eigenvalue weighted by Gasteiger charge is -2.09. The SMILES string of the molecule is CCCS(=O)(=O)Cc1coc(-c2c[n+]([O-])ccc2C(F)(F)F)n1. The van der Waals surface area contributed by atoms with E-state index in [2.05, 4.69) is 4.98 Å². The third-order valence-electron chi connectivity index (χ3n) is 2.91. The van der Waals surface area contributed by atoms with E-state index in [4.69, 9.17) is 4.42 Å². The van der Waals surface area contributed by atoms with Gasteiger partial charge in [0.25, 0.3) is 0 Å². The summed E-state index contributed by atoms with van der Waals surface area (Å²) in [7, 11) is -3.41. The molecule has 0 N–H and O–H groups in total. The summed E-state index contributed by atoms with van der Waals surface area (Å²) in [4.78, 5) is 3.77. The van der Waals surface area contributed by atoms with Gasteiger partial charge in [0.1, 0.15) is 11.8 Å². The van der Waals surface area contributed by atoms with Gasteiger partial charge in [-0.1, -0.05) is 6.92 Å². The summed E-state index contributed by atoms with van der Waals surface area (Å²) in [5, 5.41) is 11.2. The first-order chi connectivity index (χ1) is 10.6. The van der Waals surface area contributed by atoms with Crippen LogP contribution in [-0.2, 0) is 21.8 Å². The average molecular weight is 350 g/mol. The molecule has 23 heavy (non-hydrogen) atoms. The molecule has 0 bridgehead atoms. The third kappa shape index (κ3) is 4.21. The largest absolute Gasteiger partial charge is 0.619 e. The minimum atomic E-state index is -4.70. The van der Waals surface area contributed by atoms with Crippen molar-refractivity contribution >= 4 is 9.84 Å². The zero-order valence-electron chi connectivity index (χ0n) is 12.0. The van der Waals surface area contributed by atoms with Crippen LogP contribution < -0.4 is 4.73 Å². The topological polar surface area (TPSA) is 87.1 Å². The van der Waals surface area contributed by atoms with E-state index in [0.29, 0.717) is 24.9 Å². The molecular weight excluding hydrogens is 337 g/mol. The lowest BCUT2D eigenvalue weighted by Crippen LogP contribution is -2.26. The Bertz CT molecular complexity index is 800.